The molecule has 2 aromatic rings. The number of aliphatic carboxylic acids is 1. The molecule has 5 atom stereocenters. The van der Waals surface area contributed by atoms with E-state index in [2.05, 4.69) is 5.32 Å². The molecule has 3 rings (SSSR count). The lowest BCUT2D eigenvalue weighted by molar-refractivity contribution is -0.278. The first-order valence-electron chi connectivity index (χ1n) is 9.16. The number of benzene rings is 2. The largest absolute Gasteiger partial charge is 0.479 e. The summed E-state index contributed by atoms with van der Waals surface area (Å²) < 4.78 is 48.7. The van der Waals surface area contributed by atoms with E-state index in [4.69, 9.17) is 14.6 Å². The van der Waals surface area contributed by atoms with Crippen LogP contribution in [0.2, 0.25) is 0 Å². The minimum Gasteiger partial charge on any atom is -0.479 e. The van der Waals surface area contributed by atoms with Gasteiger partial charge < -0.3 is 35.2 Å². The molecule has 0 bridgehead atoms. The predicted molar refractivity (Wildman–Crippen MR) is 101 cm³/mol. The molecule has 1 heterocycles. The number of carbonyl (C=O) groups excluding carboxylic acids is 1. The quantitative estimate of drug-likeness (QED) is 0.422. The van der Waals surface area contributed by atoms with Crippen molar-refractivity contribution in [3.8, 4) is 0 Å². The molecule has 0 aromatic heterocycles. The summed E-state index contributed by atoms with van der Waals surface area (Å²) >= 11 is 0. The number of ether oxygens (including phenoxy) is 2. The molecule has 172 valence electrons. The van der Waals surface area contributed by atoms with E-state index in [1.165, 1.54) is 36.4 Å². The Labute approximate surface area is 178 Å². The maximum absolute atomic E-state index is 12.9. The molecule has 0 amide bonds. The number of para-hydroxylation sites is 1. The van der Waals surface area contributed by atoms with Gasteiger partial charge in [-0.15, -0.1) is 0 Å². The van der Waals surface area contributed by atoms with Crippen LogP contribution in [0.5, 0.6) is 0 Å². The third-order valence-corrected chi connectivity index (χ3v) is 4.65. The van der Waals surface area contributed by atoms with Gasteiger partial charge in [-0.2, -0.15) is 13.2 Å². The van der Waals surface area contributed by atoms with E-state index in [0.717, 1.165) is 12.1 Å². The Bertz CT molecular complexity index is 999. The van der Waals surface area contributed by atoms with E-state index >= 15 is 0 Å². The van der Waals surface area contributed by atoms with Crippen molar-refractivity contribution in [3.63, 3.8) is 0 Å². The number of nitrogens with one attached hydrogen (secondary N) is 1. The number of aliphatic hydroxyl groups is 3. The van der Waals surface area contributed by atoms with Crippen molar-refractivity contribution >= 4 is 23.3 Å². The fourth-order valence-electron chi connectivity index (χ4n) is 3.02. The summed E-state index contributed by atoms with van der Waals surface area (Å²) in [5, 5.41) is 41.2. The van der Waals surface area contributed by atoms with E-state index in [1.807, 2.05) is 0 Å². The van der Waals surface area contributed by atoms with Crippen LogP contribution in [0.3, 0.4) is 0 Å². The highest BCUT2D eigenvalue weighted by Crippen LogP contribution is 2.32. The van der Waals surface area contributed by atoms with Crippen LogP contribution in [0.25, 0.3) is 0 Å². The van der Waals surface area contributed by atoms with Gasteiger partial charge in [0.2, 0.25) is 6.29 Å². The van der Waals surface area contributed by atoms with Gasteiger partial charge in [0.1, 0.15) is 18.3 Å². The number of hydrogen-bond acceptors (Lipinski definition) is 8. The molecule has 1 fully saturated rings. The highest BCUT2D eigenvalue weighted by Gasteiger charge is 2.48. The van der Waals surface area contributed by atoms with Gasteiger partial charge in [-0.3, -0.25) is 0 Å². The van der Waals surface area contributed by atoms with Gasteiger partial charge in [0.25, 0.3) is 0 Å². The molecular weight excluding hydrogens is 439 g/mol. The number of rotatable bonds is 5. The van der Waals surface area contributed by atoms with Crippen LogP contribution in [0.1, 0.15) is 15.9 Å². The third-order valence-electron chi connectivity index (χ3n) is 4.65. The van der Waals surface area contributed by atoms with Gasteiger partial charge in [0.05, 0.1) is 16.8 Å². The van der Waals surface area contributed by atoms with Gasteiger partial charge in [-0.25, -0.2) is 9.59 Å². The van der Waals surface area contributed by atoms with Crippen LogP contribution in [0.15, 0.2) is 48.5 Å². The lowest BCUT2D eigenvalue weighted by atomic mass is 9.99. The number of aliphatic hydroxyl groups excluding tert-OH is 3. The minimum atomic E-state index is -4.57. The van der Waals surface area contributed by atoms with Gasteiger partial charge in [-0.1, -0.05) is 18.2 Å². The molecule has 5 N–H and O–H groups in total. The van der Waals surface area contributed by atoms with Crippen molar-refractivity contribution in [3.05, 3.63) is 59.7 Å². The van der Waals surface area contributed by atoms with Crippen LogP contribution in [0.4, 0.5) is 24.5 Å². The Kier molecular flexibility index (Phi) is 6.69. The summed E-state index contributed by atoms with van der Waals surface area (Å²) in [4.78, 5) is 23.8. The fourth-order valence-corrected chi connectivity index (χ4v) is 3.02. The summed E-state index contributed by atoms with van der Waals surface area (Å²) in [6, 6.07) is 9.83. The van der Waals surface area contributed by atoms with Crippen molar-refractivity contribution < 1.29 is 52.7 Å². The smallest absolute Gasteiger partial charge is 0.416 e. The van der Waals surface area contributed by atoms with E-state index < -0.39 is 54.4 Å². The number of carboxylic acids is 1. The zero-order chi connectivity index (χ0) is 23.6. The Morgan fingerprint density at radius 3 is 2.31 bits per heavy atom. The van der Waals surface area contributed by atoms with Crippen molar-refractivity contribution in [2.75, 3.05) is 5.32 Å². The summed E-state index contributed by atoms with van der Waals surface area (Å²) in [6.07, 6.45) is -14.4. The Hall–Kier alpha value is -3.19. The van der Waals surface area contributed by atoms with Crippen molar-refractivity contribution in [1.29, 1.82) is 0 Å². The lowest BCUT2D eigenvalue weighted by Gasteiger charge is -2.38. The second-order valence-electron chi connectivity index (χ2n) is 6.89. The average Bonchev–Trinajstić information content (AvgIpc) is 2.73. The van der Waals surface area contributed by atoms with Crippen LogP contribution in [-0.2, 0) is 20.4 Å². The van der Waals surface area contributed by atoms with Crippen LogP contribution < -0.4 is 5.32 Å². The van der Waals surface area contributed by atoms with Crippen molar-refractivity contribution in [2.24, 2.45) is 0 Å². The second-order valence-corrected chi connectivity index (χ2v) is 6.89. The number of alkyl halides is 3. The molecule has 9 nitrogen and oxygen atoms in total. The zero-order valence-electron chi connectivity index (χ0n) is 16.1. The first kappa shape index (κ1) is 23.5. The first-order valence-corrected chi connectivity index (χ1v) is 9.16. The summed E-state index contributed by atoms with van der Waals surface area (Å²) in [5.41, 5.74) is -1.00. The monoisotopic (exact) mass is 457 g/mol. The number of carbonyl (C=O) groups is 2. The Morgan fingerprint density at radius 2 is 1.66 bits per heavy atom. The van der Waals surface area contributed by atoms with E-state index in [1.54, 1.807) is 0 Å². The molecular formula is C20H18F3NO8. The topological polar surface area (TPSA) is 146 Å². The second kappa shape index (κ2) is 9.12. The maximum Gasteiger partial charge on any atom is 0.416 e. The molecule has 12 heteroatoms. The van der Waals surface area contributed by atoms with Gasteiger partial charge in [0.15, 0.2) is 6.10 Å². The number of esters is 1. The van der Waals surface area contributed by atoms with E-state index in [9.17, 15) is 38.1 Å². The minimum absolute atomic E-state index is 0.0264. The average molecular weight is 457 g/mol. The number of hydrogen-bond donors (Lipinski definition) is 5. The van der Waals surface area contributed by atoms with E-state index in [0.29, 0.717) is 0 Å². The van der Waals surface area contributed by atoms with Crippen LogP contribution in [0, 0.1) is 0 Å². The highest BCUT2D eigenvalue weighted by atomic mass is 19.4. The fraction of sp³-hybridized carbons (Fsp3) is 0.300. The molecule has 0 spiro atoms. The van der Waals surface area contributed by atoms with Gasteiger partial charge in [-0.05, 0) is 30.3 Å². The number of carboxylic acid groups (broad SMARTS) is 1. The summed E-state index contributed by atoms with van der Waals surface area (Å²) in [5.74, 6) is -2.78. The highest BCUT2D eigenvalue weighted by molar-refractivity contribution is 5.96. The SMILES string of the molecule is O=C(O[C@@H]1O[C@H](C(=O)O)[C@@H](O)[C@H](O)[C@H]1O)c1ccccc1Nc1cccc(C(F)(F)F)c1. The summed E-state index contributed by atoms with van der Waals surface area (Å²) in [6.45, 7) is 0. The molecule has 1 aliphatic heterocycles. The van der Waals surface area contributed by atoms with E-state index in [-0.39, 0.29) is 16.9 Å². The summed E-state index contributed by atoms with van der Waals surface area (Å²) in [7, 11) is 0. The van der Waals surface area contributed by atoms with Crippen molar-refractivity contribution in [1.82, 2.24) is 0 Å². The van der Waals surface area contributed by atoms with Gasteiger partial charge in [0, 0.05) is 5.69 Å². The zero-order valence-corrected chi connectivity index (χ0v) is 16.1. The molecule has 1 aliphatic rings. The molecule has 0 saturated carbocycles. The third kappa shape index (κ3) is 4.99. The molecule has 0 aliphatic carbocycles. The van der Waals surface area contributed by atoms with Crippen molar-refractivity contribution in [2.45, 2.75) is 36.9 Å². The molecule has 2 aromatic carbocycles. The predicted octanol–water partition coefficient (Wildman–Crippen LogP) is 1.50. The Balaban J connectivity index is 1.81. The van der Waals surface area contributed by atoms with Crippen LogP contribution >= 0.6 is 0 Å². The molecule has 0 radical (unpaired) electrons. The molecule has 32 heavy (non-hydrogen) atoms. The Morgan fingerprint density at radius 1 is 0.969 bits per heavy atom. The van der Waals surface area contributed by atoms with Gasteiger partial charge >= 0.3 is 18.1 Å². The number of anilines is 2. The molecule has 1 saturated heterocycles. The first-order chi connectivity index (χ1) is 15.0. The lowest BCUT2D eigenvalue weighted by Crippen LogP contribution is -2.60. The number of halogens is 3. The molecule has 0 unspecified atom stereocenters. The standard InChI is InChI=1S/C20H18F3NO8/c21-20(22,23)9-4-3-5-10(8-9)24-12-7-2-1-6-11(12)18(30)32-19-15(27)13(25)14(26)16(31-19)17(28)29/h1-8,13-16,19,24-27H,(H,28,29)/t13-,14-,15+,16-,19-/m0/s1. The normalized spacial score (nSPS) is 25.8. The van der Waals surface area contributed by atoms with Crippen LogP contribution in [-0.4, -0.2) is 63.1 Å². The maximum atomic E-state index is 12.9.